The number of hydrogen-bond acceptors (Lipinski definition) is 6. The number of phenolic OH excluding ortho intramolecular Hbond substituents is 1. The van der Waals surface area contributed by atoms with E-state index in [1.165, 1.54) is 4.90 Å². The molecule has 1 aromatic carbocycles. The molecule has 0 radical (unpaired) electrons. The van der Waals surface area contributed by atoms with E-state index in [0.717, 1.165) is 11.1 Å². The Bertz CT molecular complexity index is 1290. The smallest absolute Gasteiger partial charge is 0.303 e. The number of amides is 2. The summed E-state index contributed by atoms with van der Waals surface area (Å²) in [6.07, 6.45) is 2.68. The predicted octanol–water partition coefficient (Wildman–Crippen LogP) is 3.40. The number of benzene rings is 1. The highest BCUT2D eigenvalue weighted by atomic mass is 16.4. The van der Waals surface area contributed by atoms with Crippen LogP contribution >= 0.6 is 0 Å². The lowest BCUT2D eigenvalue weighted by Gasteiger charge is -2.54. The molecule has 4 aliphatic rings. The first-order chi connectivity index (χ1) is 17.5. The lowest BCUT2D eigenvalue weighted by atomic mass is 9.46. The van der Waals surface area contributed by atoms with Gasteiger partial charge in [-0.1, -0.05) is 30.7 Å². The van der Waals surface area contributed by atoms with Crippen molar-refractivity contribution in [2.45, 2.75) is 52.4 Å². The van der Waals surface area contributed by atoms with Crippen molar-refractivity contribution in [1.29, 1.82) is 0 Å². The van der Waals surface area contributed by atoms with E-state index in [1.54, 1.807) is 38.1 Å². The molecular formula is C29H31NO7. The second-order valence-electron chi connectivity index (χ2n) is 11.0. The Labute approximate surface area is 215 Å². The number of nitrogens with zero attached hydrogens (tertiary/aromatic N) is 1. The Balaban J connectivity index is 1.60. The third-order valence-corrected chi connectivity index (χ3v) is 9.26. The number of carboxylic acid groups (broad SMARTS) is 1. The summed E-state index contributed by atoms with van der Waals surface area (Å²) in [5, 5.41) is 18.9. The molecule has 1 aliphatic heterocycles. The number of aromatic hydroxyl groups is 1. The molecule has 2 N–H and O–H groups in total. The maximum absolute atomic E-state index is 13.9. The maximum Gasteiger partial charge on any atom is 0.303 e. The number of rotatable bonds is 5. The van der Waals surface area contributed by atoms with Crippen LogP contribution in [-0.2, 0) is 24.0 Å². The summed E-state index contributed by atoms with van der Waals surface area (Å²) in [5.41, 5.74) is 1.52. The number of Topliss-reactive ketones (excluding diaryl/α,β-unsaturated/α-hetero) is 2. The molecule has 0 aromatic heterocycles. The molecular weight excluding hydrogens is 474 g/mol. The first kappa shape index (κ1) is 25.1. The van der Waals surface area contributed by atoms with Crippen LogP contribution in [0.4, 0.5) is 0 Å². The van der Waals surface area contributed by atoms with Gasteiger partial charge in [-0.05, 0) is 67.9 Å². The van der Waals surface area contributed by atoms with Crippen molar-refractivity contribution >= 4 is 29.4 Å². The number of phenols is 1. The van der Waals surface area contributed by atoms with Crippen LogP contribution < -0.4 is 0 Å². The van der Waals surface area contributed by atoms with Crippen LogP contribution in [0.15, 0.2) is 47.1 Å². The van der Waals surface area contributed by atoms with Gasteiger partial charge in [-0.15, -0.1) is 0 Å². The molecule has 2 fully saturated rings. The normalized spacial score (nSPS) is 33.2. The van der Waals surface area contributed by atoms with Crippen LogP contribution in [-0.4, -0.2) is 51.0 Å². The fourth-order valence-corrected chi connectivity index (χ4v) is 7.30. The summed E-state index contributed by atoms with van der Waals surface area (Å²) in [5.74, 6) is -4.40. The Hall–Kier alpha value is -3.55. The molecule has 3 aliphatic carbocycles. The van der Waals surface area contributed by atoms with Crippen molar-refractivity contribution in [1.82, 2.24) is 4.90 Å². The van der Waals surface area contributed by atoms with E-state index in [4.69, 9.17) is 5.11 Å². The largest absolute Gasteiger partial charge is 0.508 e. The number of ketones is 2. The quantitative estimate of drug-likeness (QED) is 0.463. The highest BCUT2D eigenvalue weighted by Crippen LogP contribution is 2.63. The van der Waals surface area contributed by atoms with Crippen molar-refractivity contribution in [2.24, 2.45) is 29.1 Å². The molecule has 1 aromatic rings. The Morgan fingerprint density at radius 3 is 2.35 bits per heavy atom. The van der Waals surface area contributed by atoms with Gasteiger partial charge in [0.15, 0.2) is 11.6 Å². The highest BCUT2D eigenvalue weighted by molar-refractivity contribution is 6.16. The zero-order valence-corrected chi connectivity index (χ0v) is 21.2. The number of imide groups is 1. The van der Waals surface area contributed by atoms with Crippen LogP contribution in [0.1, 0.15) is 57.9 Å². The number of carboxylic acids is 1. The van der Waals surface area contributed by atoms with Gasteiger partial charge in [0.2, 0.25) is 11.8 Å². The SMILES string of the molecule is CC1=C(C)C(=O)[C@@]2(C)[C@@H](c3ccc(O)cc3)C3=CC[C@@H]4C(=O)N(CCCC(=O)O)C(=O)[C@@H]4[C@@H]3C[C@H]2C1=O. The molecule has 1 saturated carbocycles. The van der Waals surface area contributed by atoms with Crippen LogP contribution in [0.5, 0.6) is 5.75 Å². The van der Waals surface area contributed by atoms with Crippen molar-refractivity contribution in [3.8, 4) is 5.75 Å². The van der Waals surface area contributed by atoms with Crippen LogP contribution in [0.2, 0.25) is 0 Å². The van der Waals surface area contributed by atoms with Crippen molar-refractivity contribution in [2.75, 3.05) is 6.54 Å². The molecule has 1 heterocycles. The monoisotopic (exact) mass is 505 g/mol. The minimum Gasteiger partial charge on any atom is -0.508 e. The second-order valence-corrected chi connectivity index (χ2v) is 11.0. The highest BCUT2D eigenvalue weighted by Gasteiger charge is 2.63. The molecule has 8 heteroatoms. The fraction of sp³-hybridized carbons (Fsp3) is 0.483. The van der Waals surface area contributed by atoms with E-state index in [2.05, 4.69) is 0 Å². The summed E-state index contributed by atoms with van der Waals surface area (Å²) < 4.78 is 0. The fourth-order valence-electron chi connectivity index (χ4n) is 7.30. The number of fused-ring (bicyclic) bond motifs is 4. The first-order valence-electron chi connectivity index (χ1n) is 12.8. The van der Waals surface area contributed by atoms with E-state index in [1.807, 2.05) is 13.0 Å². The molecule has 2 amide bonds. The number of carbonyl (C=O) groups excluding carboxylic acids is 4. The molecule has 1 saturated heterocycles. The lowest BCUT2D eigenvalue weighted by Crippen LogP contribution is -2.55. The van der Waals surface area contributed by atoms with Gasteiger partial charge in [-0.3, -0.25) is 28.9 Å². The number of carbonyl (C=O) groups is 5. The van der Waals surface area contributed by atoms with Gasteiger partial charge >= 0.3 is 5.97 Å². The summed E-state index contributed by atoms with van der Waals surface area (Å²) in [4.78, 5) is 66.5. The van der Waals surface area contributed by atoms with E-state index in [-0.39, 0.29) is 54.4 Å². The number of aliphatic carboxylic acids is 1. The Kier molecular flexibility index (Phi) is 5.96. The zero-order valence-electron chi connectivity index (χ0n) is 21.2. The van der Waals surface area contributed by atoms with Gasteiger partial charge in [-0.2, -0.15) is 0 Å². The van der Waals surface area contributed by atoms with E-state index >= 15 is 0 Å². The van der Waals surface area contributed by atoms with E-state index < -0.39 is 35.1 Å². The Morgan fingerprint density at radius 2 is 1.70 bits per heavy atom. The standard InChI is InChI=1S/C29H31NO7/c1-14-15(2)26(35)29(3)21(25(14)34)13-20-18(24(29)16-6-8-17(31)9-7-16)10-11-19-23(20)28(37)30(27(19)36)12-4-5-22(32)33/h6-10,19-21,23-24,31H,4-5,11-13H2,1-3H3,(H,32,33)/t19-,20+,21-,23-,24-,29+/m0/s1. The summed E-state index contributed by atoms with van der Waals surface area (Å²) in [6.45, 7) is 5.26. The van der Waals surface area contributed by atoms with Crippen LogP contribution in [0.25, 0.3) is 0 Å². The van der Waals surface area contributed by atoms with Gasteiger partial charge in [0.05, 0.1) is 17.3 Å². The Morgan fingerprint density at radius 1 is 1.03 bits per heavy atom. The van der Waals surface area contributed by atoms with Crippen LogP contribution in [0, 0.1) is 29.1 Å². The third-order valence-electron chi connectivity index (χ3n) is 9.26. The zero-order chi connectivity index (χ0) is 26.8. The number of likely N-dealkylation sites (tertiary alicyclic amines) is 1. The lowest BCUT2D eigenvalue weighted by molar-refractivity contribution is -0.143. The van der Waals surface area contributed by atoms with Crippen LogP contribution in [0.3, 0.4) is 0 Å². The van der Waals surface area contributed by atoms with Gasteiger partial charge in [0.25, 0.3) is 0 Å². The molecule has 0 bridgehead atoms. The van der Waals surface area contributed by atoms with E-state index in [9.17, 15) is 29.1 Å². The molecule has 37 heavy (non-hydrogen) atoms. The number of hydrogen-bond donors (Lipinski definition) is 2. The maximum atomic E-state index is 13.9. The summed E-state index contributed by atoms with van der Waals surface area (Å²) in [7, 11) is 0. The average Bonchev–Trinajstić information content (AvgIpc) is 3.11. The molecule has 0 spiro atoms. The molecule has 5 rings (SSSR count). The molecule has 0 unspecified atom stereocenters. The van der Waals surface area contributed by atoms with Gasteiger partial charge in [0.1, 0.15) is 5.75 Å². The minimum absolute atomic E-state index is 0.0556. The minimum atomic E-state index is -1.06. The third kappa shape index (κ3) is 3.60. The second kappa shape index (κ2) is 8.78. The molecule has 194 valence electrons. The van der Waals surface area contributed by atoms with Gasteiger partial charge < -0.3 is 10.2 Å². The summed E-state index contributed by atoms with van der Waals surface area (Å²) >= 11 is 0. The van der Waals surface area contributed by atoms with Crippen molar-refractivity contribution in [3.63, 3.8) is 0 Å². The summed E-state index contributed by atoms with van der Waals surface area (Å²) in [6, 6.07) is 6.63. The van der Waals surface area contributed by atoms with Crippen molar-refractivity contribution in [3.05, 3.63) is 52.6 Å². The number of allylic oxidation sites excluding steroid dienone is 4. The molecule has 6 atom stereocenters. The van der Waals surface area contributed by atoms with Gasteiger partial charge in [-0.25, -0.2) is 0 Å². The average molecular weight is 506 g/mol. The first-order valence-corrected chi connectivity index (χ1v) is 12.8. The predicted molar refractivity (Wildman–Crippen MR) is 132 cm³/mol. The molecule has 8 nitrogen and oxygen atoms in total. The van der Waals surface area contributed by atoms with E-state index in [0.29, 0.717) is 24.0 Å². The topological polar surface area (TPSA) is 129 Å². The van der Waals surface area contributed by atoms with Crippen molar-refractivity contribution < 1.29 is 34.2 Å². The van der Waals surface area contributed by atoms with Gasteiger partial charge in [0, 0.05) is 24.8 Å².